The van der Waals surface area contributed by atoms with Crippen LogP contribution in [-0.4, -0.2) is 35.4 Å². The van der Waals surface area contributed by atoms with Gasteiger partial charge in [-0.2, -0.15) is 0 Å². The van der Waals surface area contributed by atoms with Crippen molar-refractivity contribution in [3.8, 4) is 5.75 Å². The van der Waals surface area contributed by atoms with Crippen molar-refractivity contribution in [2.24, 2.45) is 0 Å². The average molecular weight is 457 g/mol. The van der Waals surface area contributed by atoms with Crippen LogP contribution in [0.25, 0.3) is 0 Å². The van der Waals surface area contributed by atoms with Crippen molar-refractivity contribution in [3.05, 3.63) is 65.5 Å². The number of carbonyl (C=O) groups excluding carboxylic acids is 2. The summed E-state index contributed by atoms with van der Waals surface area (Å²) in [5, 5.41) is 2.97. The van der Waals surface area contributed by atoms with Crippen LogP contribution < -0.4 is 10.1 Å². The third-order valence-corrected chi connectivity index (χ3v) is 5.74. The van der Waals surface area contributed by atoms with Crippen LogP contribution in [0.15, 0.2) is 48.5 Å². The molecule has 0 aliphatic rings. The van der Waals surface area contributed by atoms with Crippen molar-refractivity contribution < 1.29 is 18.7 Å². The number of nitrogens with one attached hydrogen (secondary N) is 1. The first-order chi connectivity index (χ1) is 15.5. The van der Waals surface area contributed by atoms with Gasteiger partial charge in [0.05, 0.1) is 0 Å². The number of hydrogen-bond acceptors (Lipinski definition) is 3. The van der Waals surface area contributed by atoms with Crippen molar-refractivity contribution in [2.75, 3.05) is 6.61 Å². The molecule has 180 valence electrons. The average Bonchev–Trinajstić information content (AvgIpc) is 2.78. The third kappa shape index (κ3) is 7.88. The quantitative estimate of drug-likeness (QED) is 0.533. The summed E-state index contributed by atoms with van der Waals surface area (Å²) < 4.78 is 19.1. The molecular formula is C27H37FN2O3. The van der Waals surface area contributed by atoms with Crippen LogP contribution >= 0.6 is 0 Å². The maximum Gasteiger partial charge on any atom is 0.261 e. The Bertz CT molecular complexity index is 904. The van der Waals surface area contributed by atoms with Crippen molar-refractivity contribution in [3.63, 3.8) is 0 Å². The van der Waals surface area contributed by atoms with Gasteiger partial charge in [-0.15, -0.1) is 0 Å². The van der Waals surface area contributed by atoms with Crippen molar-refractivity contribution in [1.29, 1.82) is 0 Å². The van der Waals surface area contributed by atoms with Crippen LogP contribution in [-0.2, 0) is 21.5 Å². The van der Waals surface area contributed by atoms with E-state index in [2.05, 4.69) is 26.1 Å². The molecule has 0 aliphatic carbocycles. The zero-order valence-corrected chi connectivity index (χ0v) is 20.7. The molecule has 6 heteroatoms. The minimum atomic E-state index is -0.650. The first-order valence-electron chi connectivity index (χ1n) is 11.6. The Morgan fingerprint density at radius 3 is 2.12 bits per heavy atom. The number of benzene rings is 2. The Hall–Kier alpha value is -2.89. The molecule has 0 aliphatic heterocycles. The molecule has 2 aromatic carbocycles. The molecule has 0 unspecified atom stereocenters. The maximum atomic E-state index is 13.4. The van der Waals surface area contributed by atoms with Crippen LogP contribution in [0.3, 0.4) is 0 Å². The van der Waals surface area contributed by atoms with Gasteiger partial charge >= 0.3 is 0 Å². The van der Waals surface area contributed by atoms with E-state index in [1.807, 2.05) is 45.0 Å². The highest BCUT2D eigenvalue weighted by Crippen LogP contribution is 2.24. The van der Waals surface area contributed by atoms with Gasteiger partial charge in [-0.3, -0.25) is 9.59 Å². The fraction of sp³-hybridized carbons (Fsp3) is 0.481. The molecule has 5 nitrogen and oxygen atoms in total. The monoisotopic (exact) mass is 456 g/mol. The predicted molar refractivity (Wildman–Crippen MR) is 130 cm³/mol. The van der Waals surface area contributed by atoms with E-state index in [4.69, 9.17) is 4.74 Å². The minimum Gasteiger partial charge on any atom is -0.484 e. The maximum absolute atomic E-state index is 13.4. The Kier molecular flexibility index (Phi) is 9.44. The molecule has 0 spiro atoms. The molecule has 33 heavy (non-hydrogen) atoms. The smallest absolute Gasteiger partial charge is 0.261 e. The zero-order valence-electron chi connectivity index (χ0n) is 20.7. The molecule has 0 saturated heterocycles. The molecule has 0 fully saturated rings. The van der Waals surface area contributed by atoms with Crippen LogP contribution in [0, 0.1) is 5.82 Å². The third-order valence-electron chi connectivity index (χ3n) is 5.74. The molecule has 0 heterocycles. The SMILES string of the molecule is CC[C@@H](C)NC(=O)[C@H](CC)N(Cc1ccc(F)cc1)C(=O)COc1ccc(C(C)(C)C)cc1. The fourth-order valence-corrected chi connectivity index (χ4v) is 3.43. The molecule has 2 aromatic rings. The lowest BCUT2D eigenvalue weighted by Crippen LogP contribution is -2.51. The minimum absolute atomic E-state index is 0.00639. The molecule has 0 aromatic heterocycles. The number of nitrogens with zero attached hydrogens (tertiary/aromatic N) is 1. The van der Waals surface area contributed by atoms with Crippen LogP contribution in [0.1, 0.15) is 65.5 Å². The topological polar surface area (TPSA) is 58.6 Å². The second kappa shape index (κ2) is 11.8. The molecule has 2 atom stereocenters. The van der Waals surface area contributed by atoms with Crippen LogP contribution in [0.2, 0.25) is 0 Å². The molecule has 2 amide bonds. The van der Waals surface area contributed by atoms with Gasteiger partial charge in [0.15, 0.2) is 6.61 Å². The highest BCUT2D eigenvalue weighted by molar-refractivity contribution is 5.88. The van der Waals surface area contributed by atoms with Crippen molar-refractivity contribution in [2.45, 2.75) is 78.4 Å². The Labute approximate surface area is 197 Å². The Balaban J connectivity index is 2.19. The lowest BCUT2D eigenvalue weighted by molar-refractivity contribution is -0.143. The van der Waals surface area contributed by atoms with Gasteiger partial charge in [-0.25, -0.2) is 4.39 Å². The van der Waals surface area contributed by atoms with E-state index in [9.17, 15) is 14.0 Å². The van der Waals surface area contributed by atoms with E-state index in [-0.39, 0.29) is 42.2 Å². The summed E-state index contributed by atoms with van der Waals surface area (Å²) in [4.78, 5) is 27.7. The Morgan fingerprint density at radius 1 is 1.00 bits per heavy atom. The highest BCUT2D eigenvalue weighted by Gasteiger charge is 2.29. The molecule has 0 saturated carbocycles. The molecule has 2 rings (SSSR count). The predicted octanol–water partition coefficient (Wildman–Crippen LogP) is 5.22. The van der Waals surface area contributed by atoms with Gasteiger partial charge in [0, 0.05) is 12.6 Å². The molecule has 0 radical (unpaired) electrons. The number of carbonyl (C=O) groups is 2. The van der Waals surface area contributed by atoms with Gasteiger partial charge in [-0.1, -0.05) is 58.9 Å². The van der Waals surface area contributed by atoms with Crippen molar-refractivity contribution in [1.82, 2.24) is 10.2 Å². The largest absolute Gasteiger partial charge is 0.484 e. The second-order valence-electron chi connectivity index (χ2n) is 9.45. The van der Waals surface area contributed by atoms with E-state index >= 15 is 0 Å². The summed E-state index contributed by atoms with van der Waals surface area (Å²) >= 11 is 0. The number of hydrogen-bond donors (Lipinski definition) is 1. The van der Waals surface area contributed by atoms with Gasteiger partial charge in [0.25, 0.3) is 5.91 Å². The van der Waals surface area contributed by atoms with Crippen molar-refractivity contribution >= 4 is 11.8 Å². The summed E-state index contributed by atoms with van der Waals surface area (Å²) in [5.41, 5.74) is 1.94. The summed E-state index contributed by atoms with van der Waals surface area (Å²) in [6, 6.07) is 13.0. The molecule has 0 bridgehead atoms. The molecular weight excluding hydrogens is 419 g/mol. The summed E-state index contributed by atoms with van der Waals surface area (Å²) in [7, 11) is 0. The Morgan fingerprint density at radius 2 is 1.61 bits per heavy atom. The zero-order chi connectivity index (χ0) is 24.6. The van der Waals surface area contributed by atoms with Gasteiger partial charge in [0.2, 0.25) is 5.91 Å². The van der Waals surface area contributed by atoms with E-state index in [0.29, 0.717) is 12.2 Å². The lowest BCUT2D eigenvalue weighted by atomic mass is 9.87. The summed E-state index contributed by atoms with van der Waals surface area (Å²) in [5.74, 6) is -0.252. The fourth-order valence-electron chi connectivity index (χ4n) is 3.43. The standard InChI is InChI=1S/C27H37FN2O3/c1-7-19(3)29-26(32)24(8-2)30(17-20-9-13-22(28)14-10-20)25(31)18-33-23-15-11-21(12-16-23)27(4,5)6/h9-16,19,24H,7-8,17-18H2,1-6H3,(H,29,32)/t19-,24+/m1/s1. The number of halogens is 1. The van der Waals surface area contributed by atoms with E-state index in [1.165, 1.54) is 22.6 Å². The number of amides is 2. The number of ether oxygens (including phenoxy) is 1. The second-order valence-corrected chi connectivity index (χ2v) is 9.45. The summed E-state index contributed by atoms with van der Waals surface area (Å²) in [6.07, 6.45) is 1.25. The first kappa shape index (κ1) is 26.4. The normalized spacial score (nSPS) is 13.2. The highest BCUT2D eigenvalue weighted by atomic mass is 19.1. The van der Waals surface area contributed by atoms with Gasteiger partial charge in [0.1, 0.15) is 17.6 Å². The number of rotatable bonds is 10. The molecule has 1 N–H and O–H groups in total. The van der Waals surface area contributed by atoms with Crippen LogP contribution in [0.5, 0.6) is 5.75 Å². The van der Waals surface area contributed by atoms with E-state index < -0.39 is 6.04 Å². The van der Waals surface area contributed by atoms with Gasteiger partial charge in [-0.05, 0) is 60.6 Å². The first-order valence-corrected chi connectivity index (χ1v) is 11.6. The summed E-state index contributed by atoms with van der Waals surface area (Å²) in [6.45, 7) is 12.2. The van der Waals surface area contributed by atoms with E-state index in [0.717, 1.165) is 12.0 Å². The lowest BCUT2D eigenvalue weighted by Gasteiger charge is -2.31. The van der Waals surface area contributed by atoms with Gasteiger partial charge < -0.3 is 15.0 Å². The van der Waals surface area contributed by atoms with E-state index in [1.54, 1.807) is 12.1 Å². The van der Waals surface area contributed by atoms with Crippen LogP contribution in [0.4, 0.5) is 4.39 Å².